The van der Waals surface area contributed by atoms with Gasteiger partial charge in [0.05, 0.1) is 30.1 Å². The molecule has 2 aromatic heterocycles. The minimum absolute atomic E-state index is 0.0470. The van der Waals surface area contributed by atoms with Crippen LogP contribution in [0.1, 0.15) is 5.69 Å². The highest BCUT2D eigenvalue weighted by Gasteiger charge is 2.22. The number of carbonyl (C=O) groups is 1. The molecule has 1 amide bonds. The molecular formula is C21H23N5O3. The van der Waals surface area contributed by atoms with Crippen molar-refractivity contribution < 1.29 is 9.53 Å². The molecule has 8 heteroatoms. The summed E-state index contributed by atoms with van der Waals surface area (Å²) in [4.78, 5) is 33.7. The van der Waals surface area contributed by atoms with E-state index < -0.39 is 0 Å². The Balaban J connectivity index is 1.43. The lowest BCUT2D eigenvalue weighted by Crippen LogP contribution is -2.50. The van der Waals surface area contributed by atoms with Gasteiger partial charge in [-0.15, -0.1) is 0 Å². The number of anilines is 1. The number of hydrogen-bond donors (Lipinski definition) is 0. The average Bonchev–Trinajstić information content (AvgIpc) is 2.77. The van der Waals surface area contributed by atoms with Crippen LogP contribution in [0.2, 0.25) is 0 Å². The number of piperazine rings is 1. The van der Waals surface area contributed by atoms with Gasteiger partial charge in [0.15, 0.2) is 0 Å². The van der Waals surface area contributed by atoms with Gasteiger partial charge in [0.25, 0.3) is 5.56 Å². The number of amides is 1. The first kappa shape index (κ1) is 18.9. The normalized spacial score (nSPS) is 14.3. The molecular weight excluding hydrogens is 370 g/mol. The number of rotatable bonds is 4. The van der Waals surface area contributed by atoms with Gasteiger partial charge < -0.3 is 14.5 Å². The summed E-state index contributed by atoms with van der Waals surface area (Å²) >= 11 is 0. The molecule has 0 saturated carbocycles. The molecule has 1 aliphatic heterocycles. The van der Waals surface area contributed by atoms with Gasteiger partial charge in [-0.2, -0.15) is 5.10 Å². The Bertz CT molecular complexity index is 1090. The molecule has 0 unspecified atom stereocenters. The van der Waals surface area contributed by atoms with Crippen LogP contribution in [0.4, 0.5) is 5.69 Å². The molecule has 3 aromatic rings. The largest absolute Gasteiger partial charge is 0.481 e. The molecule has 3 heterocycles. The van der Waals surface area contributed by atoms with Crippen molar-refractivity contribution in [3.05, 3.63) is 58.6 Å². The fraction of sp³-hybridized carbons (Fsp3) is 0.333. The van der Waals surface area contributed by atoms with Crippen molar-refractivity contribution in [1.29, 1.82) is 0 Å². The fourth-order valence-electron chi connectivity index (χ4n) is 3.63. The van der Waals surface area contributed by atoms with Crippen molar-refractivity contribution in [2.24, 2.45) is 0 Å². The molecule has 150 valence electrons. The molecule has 0 bridgehead atoms. The Labute approximate surface area is 168 Å². The van der Waals surface area contributed by atoms with Crippen LogP contribution >= 0.6 is 0 Å². The van der Waals surface area contributed by atoms with Gasteiger partial charge >= 0.3 is 0 Å². The Morgan fingerprint density at radius 3 is 2.45 bits per heavy atom. The smallest absolute Gasteiger partial charge is 0.275 e. The van der Waals surface area contributed by atoms with Crippen molar-refractivity contribution in [3.63, 3.8) is 0 Å². The van der Waals surface area contributed by atoms with E-state index in [-0.39, 0.29) is 18.0 Å². The average molecular weight is 393 g/mol. The van der Waals surface area contributed by atoms with Crippen LogP contribution in [0.5, 0.6) is 5.88 Å². The van der Waals surface area contributed by atoms with Crippen LogP contribution in [0, 0.1) is 6.92 Å². The van der Waals surface area contributed by atoms with Crippen molar-refractivity contribution in [1.82, 2.24) is 19.7 Å². The van der Waals surface area contributed by atoms with Gasteiger partial charge in [0, 0.05) is 37.6 Å². The molecule has 1 saturated heterocycles. The van der Waals surface area contributed by atoms with E-state index >= 15 is 0 Å². The standard InChI is InChI=1S/C21H23N5O3/c1-15-17-5-3-4-6-18(17)21(28)26(23-15)14-20(27)25-11-9-24(10-12-25)16-7-8-19(29-2)22-13-16/h3-8,13H,9-12,14H2,1-2H3. The highest BCUT2D eigenvalue weighted by atomic mass is 16.5. The molecule has 0 N–H and O–H groups in total. The molecule has 4 rings (SSSR count). The van der Waals surface area contributed by atoms with Gasteiger partial charge in [-0.25, -0.2) is 9.67 Å². The molecule has 1 aliphatic rings. The summed E-state index contributed by atoms with van der Waals surface area (Å²) in [6, 6.07) is 11.1. The molecule has 8 nitrogen and oxygen atoms in total. The van der Waals surface area contributed by atoms with E-state index in [9.17, 15) is 9.59 Å². The highest BCUT2D eigenvalue weighted by molar-refractivity contribution is 5.83. The van der Waals surface area contributed by atoms with E-state index in [0.717, 1.165) is 16.8 Å². The topological polar surface area (TPSA) is 80.6 Å². The lowest BCUT2D eigenvalue weighted by atomic mass is 10.1. The Hall–Kier alpha value is -3.42. The van der Waals surface area contributed by atoms with E-state index in [2.05, 4.69) is 15.0 Å². The van der Waals surface area contributed by atoms with Crippen LogP contribution in [0.15, 0.2) is 47.4 Å². The monoisotopic (exact) mass is 393 g/mol. The number of methoxy groups -OCH3 is 1. The van der Waals surface area contributed by atoms with E-state index in [4.69, 9.17) is 4.74 Å². The van der Waals surface area contributed by atoms with Gasteiger partial charge in [-0.05, 0) is 19.1 Å². The van der Waals surface area contributed by atoms with Crippen molar-refractivity contribution in [3.8, 4) is 5.88 Å². The van der Waals surface area contributed by atoms with Gasteiger partial charge in [0.2, 0.25) is 11.8 Å². The number of fused-ring (bicyclic) bond motifs is 1. The summed E-state index contributed by atoms with van der Waals surface area (Å²) in [6.07, 6.45) is 1.78. The van der Waals surface area contributed by atoms with Crippen molar-refractivity contribution >= 4 is 22.4 Å². The molecule has 0 spiro atoms. The van der Waals surface area contributed by atoms with E-state index in [1.165, 1.54) is 4.68 Å². The van der Waals surface area contributed by atoms with E-state index in [1.54, 1.807) is 24.3 Å². The predicted molar refractivity (Wildman–Crippen MR) is 110 cm³/mol. The van der Waals surface area contributed by atoms with Gasteiger partial charge in [-0.1, -0.05) is 18.2 Å². The first-order valence-electron chi connectivity index (χ1n) is 9.56. The Morgan fingerprint density at radius 1 is 1.07 bits per heavy atom. The van der Waals surface area contributed by atoms with E-state index in [0.29, 0.717) is 37.4 Å². The lowest BCUT2D eigenvalue weighted by Gasteiger charge is -2.36. The second-order valence-corrected chi connectivity index (χ2v) is 7.02. The summed E-state index contributed by atoms with van der Waals surface area (Å²) in [7, 11) is 1.59. The third-order valence-electron chi connectivity index (χ3n) is 5.26. The van der Waals surface area contributed by atoms with Crippen LogP contribution < -0.4 is 15.2 Å². The zero-order valence-corrected chi connectivity index (χ0v) is 16.5. The molecule has 0 aliphatic carbocycles. The van der Waals surface area contributed by atoms with Crippen LogP contribution in [-0.2, 0) is 11.3 Å². The summed E-state index contributed by atoms with van der Waals surface area (Å²) in [5.74, 6) is 0.480. The summed E-state index contributed by atoms with van der Waals surface area (Å²) in [6.45, 7) is 4.40. The van der Waals surface area contributed by atoms with Crippen LogP contribution in [-0.4, -0.2) is 58.9 Å². The van der Waals surface area contributed by atoms with Crippen LogP contribution in [0.25, 0.3) is 10.8 Å². The number of carbonyl (C=O) groups excluding carboxylic acids is 1. The summed E-state index contributed by atoms with van der Waals surface area (Å²) in [5, 5.41) is 5.75. The highest BCUT2D eigenvalue weighted by Crippen LogP contribution is 2.18. The second-order valence-electron chi connectivity index (χ2n) is 7.02. The molecule has 1 fully saturated rings. The second kappa shape index (κ2) is 7.90. The third kappa shape index (κ3) is 3.78. The first-order valence-corrected chi connectivity index (χ1v) is 9.56. The number of hydrogen-bond acceptors (Lipinski definition) is 6. The zero-order chi connectivity index (χ0) is 20.4. The first-order chi connectivity index (χ1) is 14.1. The minimum atomic E-state index is -0.234. The van der Waals surface area contributed by atoms with E-state index in [1.807, 2.05) is 37.3 Å². The zero-order valence-electron chi connectivity index (χ0n) is 16.5. The van der Waals surface area contributed by atoms with Crippen LogP contribution in [0.3, 0.4) is 0 Å². The molecule has 0 radical (unpaired) electrons. The molecule has 1 aromatic carbocycles. The number of pyridine rings is 1. The maximum atomic E-state index is 12.8. The predicted octanol–water partition coefficient (Wildman–Crippen LogP) is 1.46. The number of nitrogens with zero attached hydrogens (tertiary/aromatic N) is 5. The van der Waals surface area contributed by atoms with Crippen molar-refractivity contribution in [2.45, 2.75) is 13.5 Å². The Morgan fingerprint density at radius 2 is 1.79 bits per heavy atom. The quantitative estimate of drug-likeness (QED) is 0.668. The van der Waals surface area contributed by atoms with Crippen molar-refractivity contribution in [2.75, 3.05) is 38.2 Å². The Kier molecular flexibility index (Phi) is 5.16. The maximum Gasteiger partial charge on any atom is 0.275 e. The minimum Gasteiger partial charge on any atom is -0.481 e. The fourth-order valence-corrected chi connectivity index (χ4v) is 3.63. The number of aryl methyl sites for hydroxylation is 1. The third-order valence-corrected chi connectivity index (χ3v) is 5.26. The number of benzene rings is 1. The maximum absolute atomic E-state index is 12.8. The number of ether oxygens (including phenoxy) is 1. The summed E-state index contributed by atoms with van der Waals surface area (Å²) < 4.78 is 6.37. The SMILES string of the molecule is COc1ccc(N2CCN(C(=O)Cn3nc(C)c4ccccc4c3=O)CC2)cn1. The molecule has 0 atom stereocenters. The lowest BCUT2D eigenvalue weighted by molar-refractivity contribution is -0.132. The van der Waals surface area contributed by atoms with Gasteiger partial charge in [0.1, 0.15) is 6.54 Å². The van der Waals surface area contributed by atoms with Gasteiger partial charge in [-0.3, -0.25) is 9.59 Å². The summed E-state index contributed by atoms with van der Waals surface area (Å²) in [5.41, 5.74) is 1.51. The molecule has 29 heavy (non-hydrogen) atoms. The number of aromatic nitrogens is 3.